The van der Waals surface area contributed by atoms with Gasteiger partial charge in [-0.3, -0.25) is 0 Å². The van der Waals surface area contributed by atoms with Crippen LogP contribution < -0.4 is 15.4 Å². The van der Waals surface area contributed by atoms with Crippen LogP contribution in [0.1, 0.15) is 0 Å². The van der Waals surface area contributed by atoms with Crippen molar-refractivity contribution in [2.24, 2.45) is 15.4 Å². The Hall–Kier alpha value is 0.714. The third kappa shape index (κ3) is 5430. The van der Waals surface area contributed by atoms with Gasteiger partial charge in [0.05, 0.1) is 0 Å². The van der Waals surface area contributed by atoms with Gasteiger partial charge in [0.2, 0.25) is 0 Å². The molecule has 0 atom stereocenters. The molecule has 0 amide bonds. The van der Waals surface area contributed by atoms with Crippen LogP contribution in [0, 0.1) is 0 Å². The second-order valence-corrected chi connectivity index (χ2v) is 4.44. The smallest absolute Gasteiger partial charge is 0.736 e. The zero-order chi connectivity index (χ0) is 13.5. The van der Waals surface area contributed by atoms with Crippen LogP contribution in [0.25, 0.3) is 0 Å². The number of rotatable bonds is 0. The van der Waals surface area contributed by atoms with Gasteiger partial charge in [-0.25, -0.2) is 40.7 Å². The largest absolute Gasteiger partial charge is 3.00 e. The SMILES string of the molecule is NS(=O)(=O)[O-].NS(=O)(=O)[O-].NS(=O)(=O)[O-].[Y+3]. The maximum absolute atomic E-state index is 8.85. The Morgan fingerprint density at radius 3 is 0.562 bits per heavy atom. The van der Waals surface area contributed by atoms with Crippen LogP contribution in [0.15, 0.2) is 0 Å². The summed E-state index contributed by atoms with van der Waals surface area (Å²) < 4.78 is 79.7. The first kappa shape index (κ1) is 25.5. The summed E-state index contributed by atoms with van der Waals surface area (Å²) in [5.41, 5.74) is 0. The summed E-state index contributed by atoms with van der Waals surface area (Å²) in [7, 11) is -13.2. The van der Waals surface area contributed by atoms with Crippen LogP contribution in [0.5, 0.6) is 0 Å². The van der Waals surface area contributed by atoms with Crippen LogP contribution in [0.4, 0.5) is 0 Å². The van der Waals surface area contributed by atoms with E-state index in [1.54, 1.807) is 0 Å². The van der Waals surface area contributed by atoms with Crippen LogP contribution >= 0.6 is 0 Å². The zero-order valence-electron chi connectivity index (χ0n) is 7.21. The van der Waals surface area contributed by atoms with E-state index in [2.05, 4.69) is 15.4 Å². The fourth-order valence-corrected chi connectivity index (χ4v) is 0. The average molecular weight is 377 g/mol. The standard InChI is InChI=1S/3H3NO3S.Y/c3*1-5(2,3)4;/h3*(H3,1,2,3,4);/q;;;+3/p-3. The Labute approximate surface area is 117 Å². The molecule has 0 spiro atoms. The van der Waals surface area contributed by atoms with E-state index in [4.69, 9.17) is 38.9 Å². The third-order valence-corrected chi connectivity index (χ3v) is 0. The molecule has 0 unspecified atom stereocenters. The number of nitrogens with two attached hydrogens (primary N) is 3. The molecule has 0 aliphatic carbocycles. The molecule has 0 bridgehead atoms. The summed E-state index contributed by atoms with van der Waals surface area (Å²) in [6.07, 6.45) is 0. The van der Waals surface area contributed by atoms with Crippen molar-refractivity contribution in [2.45, 2.75) is 0 Å². The summed E-state index contributed by atoms with van der Waals surface area (Å²) in [6.45, 7) is 0. The molecule has 0 aromatic carbocycles. The quantitative estimate of drug-likeness (QED) is 0.342. The van der Waals surface area contributed by atoms with Gasteiger partial charge in [-0.2, -0.15) is 0 Å². The molecule has 0 aromatic rings. The van der Waals surface area contributed by atoms with Gasteiger partial charge in [0.15, 0.2) is 30.9 Å². The molecule has 0 saturated carbocycles. The van der Waals surface area contributed by atoms with Gasteiger partial charge >= 0.3 is 32.7 Å². The average Bonchev–Trinajstić information content (AvgIpc) is 1.41. The van der Waals surface area contributed by atoms with E-state index in [-0.39, 0.29) is 32.7 Å². The first-order valence-electron chi connectivity index (χ1n) is 2.21. The first-order chi connectivity index (χ1) is 6.00. The summed E-state index contributed by atoms with van der Waals surface area (Å²) in [5, 5.41) is 11.3. The van der Waals surface area contributed by atoms with Crippen LogP contribution in [-0.4, -0.2) is 38.9 Å². The van der Waals surface area contributed by atoms with Crippen molar-refractivity contribution in [3.8, 4) is 0 Å². The fourth-order valence-electron chi connectivity index (χ4n) is 0. The number of hydrogen-bond donors (Lipinski definition) is 3. The molecular weight excluding hydrogens is 371 g/mol. The van der Waals surface area contributed by atoms with E-state index in [9.17, 15) is 0 Å². The minimum absolute atomic E-state index is 0. The maximum Gasteiger partial charge on any atom is 3.00 e. The Bertz CT molecular complexity index is 347. The summed E-state index contributed by atoms with van der Waals surface area (Å²) >= 11 is 0. The molecule has 12 nitrogen and oxygen atoms in total. The predicted molar refractivity (Wildman–Crippen MR) is 41.7 cm³/mol. The minimum Gasteiger partial charge on any atom is -0.736 e. The van der Waals surface area contributed by atoms with Gasteiger partial charge in [0, 0.05) is 0 Å². The fraction of sp³-hybridized carbons (Fsp3) is 0. The molecule has 0 aliphatic rings. The molecule has 0 saturated heterocycles. The molecule has 16 heteroatoms. The first-order valence-corrected chi connectivity index (χ1v) is 6.62. The zero-order valence-corrected chi connectivity index (χ0v) is 12.5. The Kier molecular flexibility index (Phi) is 15.5. The van der Waals surface area contributed by atoms with Crippen LogP contribution in [0.2, 0.25) is 0 Å². The van der Waals surface area contributed by atoms with E-state index >= 15 is 0 Å². The molecule has 96 valence electrons. The molecule has 0 aliphatic heterocycles. The topological polar surface area (TPSA) is 250 Å². The summed E-state index contributed by atoms with van der Waals surface area (Å²) in [6, 6.07) is 0. The Balaban J connectivity index is -0.0000000655. The normalized spacial score (nSPS) is 10.9. The Morgan fingerprint density at radius 1 is 0.562 bits per heavy atom. The molecule has 0 rings (SSSR count). The van der Waals surface area contributed by atoms with Crippen LogP contribution in [0.3, 0.4) is 0 Å². The van der Waals surface area contributed by atoms with Crippen molar-refractivity contribution in [1.82, 2.24) is 0 Å². The van der Waals surface area contributed by atoms with Gasteiger partial charge in [-0.15, -0.1) is 0 Å². The second kappa shape index (κ2) is 9.71. The van der Waals surface area contributed by atoms with E-state index in [1.165, 1.54) is 0 Å². The van der Waals surface area contributed by atoms with Crippen LogP contribution in [-0.2, 0) is 63.6 Å². The van der Waals surface area contributed by atoms with Crippen molar-refractivity contribution < 1.29 is 71.6 Å². The molecule has 0 heterocycles. The molecular formula is H6N3O9S3Y. The van der Waals surface area contributed by atoms with Crippen molar-refractivity contribution in [2.75, 3.05) is 0 Å². The Morgan fingerprint density at radius 2 is 0.562 bits per heavy atom. The predicted octanol–water partition coefficient (Wildman–Crippen LogP) is -4.79. The van der Waals surface area contributed by atoms with Crippen molar-refractivity contribution in [1.29, 1.82) is 0 Å². The van der Waals surface area contributed by atoms with Gasteiger partial charge in [-0.05, 0) is 0 Å². The molecule has 0 fully saturated rings. The molecule has 0 radical (unpaired) electrons. The summed E-state index contributed by atoms with van der Waals surface area (Å²) in [5.74, 6) is 0. The van der Waals surface area contributed by atoms with E-state index in [0.29, 0.717) is 0 Å². The number of hydrogen-bond acceptors (Lipinski definition) is 9. The van der Waals surface area contributed by atoms with Gasteiger partial charge in [-0.1, -0.05) is 0 Å². The summed E-state index contributed by atoms with van der Waals surface area (Å²) in [4.78, 5) is 0. The van der Waals surface area contributed by atoms with E-state index in [1.807, 2.05) is 0 Å². The van der Waals surface area contributed by atoms with Gasteiger partial charge < -0.3 is 13.7 Å². The molecule has 0 aromatic heterocycles. The maximum atomic E-state index is 8.85. The van der Waals surface area contributed by atoms with Crippen molar-refractivity contribution in [3.63, 3.8) is 0 Å². The van der Waals surface area contributed by atoms with Crippen molar-refractivity contribution >= 4 is 30.9 Å². The van der Waals surface area contributed by atoms with Crippen molar-refractivity contribution in [3.05, 3.63) is 0 Å². The molecule has 6 N–H and O–H groups in total. The molecule has 16 heavy (non-hydrogen) atoms. The second-order valence-electron chi connectivity index (χ2n) is 1.48. The monoisotopic (exact) mass is 377 g/mol. The van der Waals surface area contributed by atoms with Gasteiger partial charge in [0.1, 0.15) is 0 Å². The van der Waals surface area contributed by atoms with Gasteiger partial charge in [0.25, 0.3) is 0 Å². The van der Waals surface area contributed by atoms with E-state index < -0.39 is 30.9 Å². The third-order valence-electron chi connectivity index (χ3n) is 0. The minimum atomic E-state index is -4.42. The van der Waals surface area contributed by atoms with E-state index in [0.717, 1.165) is 0 Å².